The smallest absolute Gasteiger partial charge is 0.123 e. The summed E-state index contributed by atoms with van der Waals surface area (Å²) < 4.78 is 12.8. The number of hydrogen-bond donors (Lipinski definition) is 1. The fraction of sp³-hybridized carbons (Fsp3) is 0.0909. The van der Waals surface area contributed by atoms with Crippen LogP contribution in [0.4, 0.5) is 4.39 Å². The van der Waals surface area contributed by atoms with E-state index in [1.807, 2.05) is 24.4 Å². The van der Waals surface area contributed by atoms with Gasteiger partial charge < -0.3 is 4.98 Å². The van der Waals surface area contributed by atoms with Crippen molar-refractivity contribution in [2.24, 2.45) is 0 Å². The van der Waals surface area contributed by atoms with Crippen molar-refractivity contribution in [1.29, 1.82) is 0 Å². The van der Waals surface area contributed by atoms with E-state index >= 15 is 0 Å². The first-order valence-corrected chi connectivity index (χ1v) is 4.21. The number of hydrogen-bond acceptors (Lipinski definition) is 0. The molecule has 0 saturated carbocycles. The van der Waals surface area contributed by atoms with Gasteiger partial charge in [0.25, 0.3) is 0 Å². The summed E-state index contributed by atoms with van der Waals surface area (Å²) in [7, 11) is 0. The Kier molecular flexibility index (Phi) is 2.13. The molecule has 0 saturated heterocycles. The normalized spacial score (nSPS) is 10.2. The van der Waals surface area contributed by atoms with Crippen LogP contribution in [-0.2, 0) is 6.42 Å². The van der Waals surface area contributed by atoms with Crippen LogP contribution in [0.25, 0.3) is 0 Å². The van der Waals surface area contributed by atoms with Gasteiger partial charge in [-0.3, -0.25) is 0 Å². The van der Waals surface area contributed by atoms with Crippen molar-refractivity contribution in [3.63, 3.8) is 0 Å². The molecule has 0 aliphatic heterocycles. The third kappa shape index (κ3) is 1.96. The van der Waals surface area contributed by atoms with E-state index in [2.05, 4.69) is 4.98 Å². The second kappa shape index (κ2) is 3.44. The predicted octanol–water partition coefficient (Wildman–Crippen LogP) is 2.74. The van der Waals surface area contributed by atoms with Gasteiger partial charge in [0.2, 0.25) is 0 Å². The summed E-state index contributed by atoms with van der Waals surface area (Å²) in [6, 6.07) is 10.6. The van der Waals surface area contributed by atoms with Crippen molar-refractivity contribution >= 4 is 0 Å². The molecule has 2 aromatic rings. The van der Waals surface area contributed by atoms with E-state index in [-0.39, 0.29) is 5.82 Å². The molecule has 2 heteroatoms. The highest BCUT2D eigenvalue weighted by Crippen LogP contribution is 2.08. The van der Waals surface area contributed by atoms with Gasteiger partial charge in [0.05, 0.1) is 0 Å². The van der Waals surface area contributed by atoms with Gasteiger partial charge in [-0.15, -0.1) is 0 Å². The Hall–Kier alpha value is -1.57. The van der Waals surface area contributed by atoms with Crippen molar-refractivity contribution in [1.82, 2.24) is 4.98 Å². The van der Waals surface area contributed by atoms with Crippen molar-refractivity contribution in [2.45, 2.75) is 6.42 Å². The summed E-state index contributed by atoms with van der Waals surface area (Å²) in [5.74, 6) is -0.177. The van der Waals surface area contributed by atoms with Crippen molar-refractivity contribution in [3.8, 4) is 0 Å². The first-order chi connectivity index (χ1) is 6.34. The number of halogens is 1. The van der Waals surface area contributed by atoms with Gasteiger partial charge in [0, 0.05) is 18.3 Å². The molecule has 0 aliphatic carbocycles. The van der Waals surface area contributed by atoms with Gasteiger partial charge in [0.15, 0.2) is 0 Å². The average Bonchev–Trinajstić information content (AvgIpc) is 2.57. The quantitative estimate of drug-likeness (QED) is 0.722. The standard InChI is InChI=1S/C11H10FN/c12-10-4-1-3-9(7-10)8-11-5-2-6-13-11/h1-7,13H,8H2. The van der Waals surface area contributed by atoms with Crippen molar-refractivity contribution < 1.29 is 4.39 Å². The lowest BCUT2D eigenvalue weighted by Gasteiger charge is -1.98. The molecular weight excluding hydrogens is 165 g/mol. The van der Waals surface area contributed by atoms with Crippen LogP contribution in [0.1, 0.15) is 11.3 Å². The zero-order valence-electron chi connectivity index (χ0n) is 7.13. The van der Waals surface area contributed by atoms with Gasteiger partial charge in [-0.2, -0.15) is 0 Å². The molecule has 0 unspecified atom stereocenters. The Morgan fingerprint density at radius 1 is 1.15 bits per heavy atom. The predicted molar refractivity (Wildman–Crippen MR) is 50.0 cm³/mol. The highest BCUT2D eigenvalue weighted by molar-refractivity contribution is 5.22. The van der Waals surface area contributed by atoms with Crippen LogP contribution in [0.15, 0.2) is 42.6 Å². The molecule has 0 atom stereocenters. The summed E-state index contributed by atoms with van der Waals surface area (Å²) in [5, 5.41) is 0. The van der Waals surface area contributed by atoms with E-state index in [9.17, 15) is 4.39 Å². The lowest BCUT2D eigenvalue weighted by molar-refractivity contribution is 0.626. The number of rotatable bonds is 2. The summed E-state index contributed by atoms with van der Waals surface area (Å²) in [4.78, 5) is 3.08. The van der Waals surface area contributed by atoms with Crippen LogP contribution in [-0.4, -0.2) is 4.98 Å². The average molecular weight is 175 g/mol. The first-order valence-electron chi connectivity index (χ1n) is 4.21. The lowest BCUT2D eigenvalue weighted by atomic mass is 10.1. The molecule has 1 heterocycles. The lowest BCUT2D eigenvalue weighted by Crippen LogP contribution is -1.88. The van der Waals surface area contributed by atoms with E-state index in [0.29, 0.717) is 0 Å². The molecular formula is C11H10FN. The molecule has 0 fully saturated rings. The minimum atomic E-state index is -0.177. The highest BCUT2D eigenvalue weighted by atomic mass is 19.1. The molecule has 1 N–H and O–H groups in total. The largest absolute Gasteiger partial charge is 0.365 e. The zero-order valence-corrected chi connectivity index (χ0v) is 7.13. The number of nitrogens with one attached hydrogen (secondary N) is 1. The SMILES string of the molecule is Fc1cccc(Cc2ccc[nH]2)c1. The highest BCUT2D eigenvalue weighted by Gasteiger charge is 1.97. The minimum Gasteiger partial charge on any atom is -0.365 e. The molecule has 1 aromatic heterocycles. The summed E-state index contributed by atoms with van der Waals surface area (Å²) in [6.07, 6.45) is 2.62. The van der Waals surface area contributed by atoms with Gasteiger partial charge >= 0.3 is 0 Å². The van der Waals surface area contributed by atoms with E-state index < -0.39 is 0 Å². The molecule has 2 rings (SSSR count). The fourth-order valence-electron chi connectivity index (χ4n) is 1.34. The third-order valence-electron chi connectivity index (χ3n) is 1.95. The zero-order chi connectivity index (χ0) is 9.10. The molecule has 0 radical (unpaired) electrons. The van der Waals surface area contributed by atoms with Crippen LogP contribution >= 0.6 is 0 Å². The Labute approximate surface area is 76.2 Å². The molecule has 1 aromatic carbocycles. The van der Waals surface area contributed by atoms with Gasteiger partial charge in [-0.25, -0.2) is 4.39 Å². The molecule has 0 bridgehead atoms. The van der Waals surface area contributed by atoms with E-state index in [0.717, 1.165) is 17.7 Å². The third-order valence-corrected chi connectivity index (χ3v) is 1.95. The molecule has 13 heavy (non-hydrogen) atoms. The maximum atomic E-state index is 12.8. The fourth-order valence-corrected chi connectivity index (χ4v) is 1.34. The van der Waals surface area contributed by atoms with Gasteiger partial charge in [-0.1, -0.05) is 12.1 Å². The number of aromatic amines is 1. The number of H-pyrrole nitrogens is 1. The summed E-state index contributed by atoms with van der Waals surface area (Å²) >= 11 is 0. The molecule has 0 aliphatic rings. The Morgan fingerprint density at radius 2 is 2.08 bits per heavy atom. The maximum absolute atomic E-state index is 12.8. The van der Waals surface area contributed by atoms with Crippen molar-refractivity contribution in [2.75, 3.05) is 0 Å². The topological polar surface area (TPSA) is 15.8 Å². The Balaban J connectivity index is 2.19. The van der Waals surface area contributed by atoms with E-state index in [1.54, 1.807) is 12.1 Å². The van der Waals surface area contributed by atoms with Crippen molar-refractivity contribution in [3.05, 3.63) is 59.7 Å². The number of benzene rings is 1. The second-order valence-corrected chi connectivity index (χ2v) is 3.00. The van der Waals surface area contributed by atoms with Crippen LogP contribution < -0.4 is 0 Å². The van der Waals surface area contributed by atoms with E-state index in [4.69, 9.17) is 0 Å². The van der Waals surface area contributed by atoms with Crippen LogP contribution in [0.5, 0.6) is 0 Å². The van der Waals surface area contributed by atoms with Crippen LogP contribution in [0.3, 0.4) is 0 Å². The van der Waals surface area contributed by atoms with Gasteiger partial charge in [-0.05, 0) is 29.8 Å². The molecule has 1 nitrogen and oxygen atoms in total. The van der Waals surface area contributed by atoms with Crippen LogP contribution in [0, 0.1) is 5.82 Å². The summed E-state index contributed by atoms with van der Waals surface area (Å²) in [6.45, 7) is 0. The molecule has 0 amide bonds. The molecule has 0 spiro atoms. The first kappa shape index (κ1) is 8.05. The monoisotopic (exact) mass is 175 g/mol. The minimum absolute atomic E-state index is 0.177. The summed E-state index contributed by atoms with van der Waals surface area (Å²) in [5.41, 5.74) is 2.09. The Bertz CT molecular complexity index is 379. The Morgan fingerprint density at radius 3 is 2.77 bits per heavy atom. The second-order valence-electron chi connectivity index (χ2n) is 3.00. The van der Waals surface area contributed by atoms with Crippen LogP contribution in [0.2, 0.25) is 0 Å². The maximum Gasteiger partial charge on any atom is 0.123 e. The van der Waals surface area contributed by atoms with Gasteiger partial charge in [0.1, 0.15) is 5.82 Å². The van der Waals surface area contributed by atoms with E-state index in [1.165, 1.54) is 6.07 Å². The number of aromatic nitrogens is 1. The molecule has 66 valence electrons.